The van der Waals surface area contributed by atoms with Crippen LogP contribution >= 0.6 is 0 Å². The summed E-state index contributed by atoms with van der Waals surface area (Å²) >= 11 is 0. The Morgan fingerprint density at radius 3 is 2.67 bits per heavy atom. The SMILES string of the molecule is NCOc1cc2c(Oc3ccc(NC(=O)NC4CC4)c(F)c3)ccnc2cc1OCc1cccnc1. The Morgan fingerprint density at radius 2 is 1.92 bits per heavy atom. The lowest BCUT2D eigenvalue weighted by Gasteiger charge is -2.15. The zero-order valence-corrected chi connectivity index (χ0v) is 19.2. The molecule has 10 heteroatoms. The van der Waals surface area contributed by atoms with E-state index in [1.165, 1.54) is 12.1 Å². The number of fused-ring (bicyclic) bond motifs is 1. The van der Waals surface area contributed by atoms with Crippen molar-refractivity contribution in [2.45, 2.75) is 25.5 Å². The van der Waals surface area contributed by atoms with Crippen molar-refractivity contribution in [1.82, 2.24) is 15.3 Å². The van der Waals surface area contributed by atoms with E-state index < -0.39 is 11.8 Å². The lowest BCUT2D eigenvalue weighted by molar-refractivity contribution is 0.251. The molecule has 2 aromatic carbocycles. The molecular weight excluding hydrogens is 465 g/mol. The van der Waals surface area contributed by atoms with Gasteiger partial charge in [-0.25, -0.2) is 9.18 Å². The summed E-state index contributed by atoms with van der Waals surface area (Å²) in [6, 6.07) is 12.8. The minimum atomic E-state index is -0.616. The molecule has 4 aromatic rings. The predicted molar refractivity (Wildman–Crippen MR) is 132 cm³/mol. The molecule has 0 saturated heterocycles. The van der Waals surface area contributed by atoms with Crippen molar-refractivity contribution < 1.29 is 23.4 Å². The number of carbonyl (C=O) groups is 1. The Hall–Kier alpha value is -4.44. The van der Waals surface area contributed by atoms with Gasteiger partial charge in [-0.05, 0) is 43.2 Å². The fourth-order valence-corrected chi connectivity index (χ4v) is 3.54. The van der Waals surface area contributed by atoms with Gasteiger partial charge < -0.3 is 24.8 Å². The van der Waals surface area contributed by atoms with E-state index in [9.17, 15) is 9.18 Å². The first kappa shape index (κ1) is 23.3. The number of nitrogens with one attached hydrogen (secondary N) is 2. The monoisotopic (exact) mass is 489 g/mol. The van der Waals surface area contributed by atoms with E-state index in [1.54, 1.807) is 42.9 Å². The number of pyridine rings is 2. The van der Waals surface area contributed by atoms with Crippen LogP contribution in [-0.4, -0.2) is 28.8 Å². The minimum absolute atomic E-state index is 0.0563. The predicted octanol–water partition coefficient (Wildman–Crippen LogP) is 4.72. The summed E-state index contributed by atoms with van der Waals surface area (Å²) in [5.74, 6) is 0.959. The topological polar surface area (TPSA) is 121 Å². The van der Waals surface area contributed by atoms with E-state index in [4.69, 9.17) is 19.9 Å². The van der Waals surface area contributed by atoms with Crippen molar-refractivity contribution in [3.05, 3.63) is 78.5 Å². The van der Waals surface area contributed by atoms with E-state index >= 15 is 0 Å². The molecule has 1 aliphatic rings. The maximum Gasteiger partial charge on any atom is 0.319 e. The number of hydrogen-bond donors (Lipinski definition) is 3. The lowest BCUT2D eigenvalue weighted by atomic mass is 10.1. The van der Waals surface area contributed by atoms with Gasteiger partial charge in [-0.1, -0.05) is 6.07 Å². The fourth-order valence-electron chi connectivity index (χ4n) is 3.54. The molecule has 9 nitrogen and oxygen atoms in total. The quantitative estimate of drug-likeness (QED) is 0.291. The second kappa shape index (κ2) is 10.4. The van der Waals surface area contributed by atoms with Crippen LogP contribution in [-0.2, 0) is 6.61 Å². The summed E-state index contributed by atoms with van der Waals surface area (Å²) in [4.78, 5) is 20.4. The van der Waals surface area contributed by atoms with Gasteiger partial charge in [0.1, 0.15) is 30.7 Å². The smallest absolute Gasteiger partial charge is 0.319 e. The molecule has 0 radical (unpaired) electrons. The first-order chi connectivity index (χ1) is 17.6. The van der Waals surface area contributed by atoms with Crippen molar-refractivity contribution in [2.24, 2.45) is 5.73 Å². The Labute approximate surface area is 206 Å². The van der Waals surface area contributed by atoms with Gasteiger partial charge in [0, 0.05) is 47.7 Å². The number of halogens is 1. The number of hydrogen-bond acceptors (Lipinski definition) is 7. The Balaban J connectivity index is 1.37. The largest absolute Gasteiger partial charge is 0.485 e. The summed E-state index contributed by atoms with van der Waals surface area (Å²) < 4.78 is 32.1. The molecule has 2 aromatic heterocycles. The number of rotatable bonds is 9. The van der Waals surface area contributed by atoms with Gasteiger partial charge in [0.15, 0.2) is 11.5 Å². The highest BCUT2D eigenvalue weighted by atomic mass is 19.1. The Kier molecular flexibility index (Phi) is 6.76. The van der Waals surface area contributed by atoms with Crippen LogP contribution in [0.1, 0.15) is 18.4 Å². The number of ether oxygens (including phenoxy) is 3. The van der Waals surface area contributed by atoms with Crippen LogP contribution in [0, 0.1) is 5.82 Å². The Morgan fingerprint density at radius 1 is 1.06 bits per heavy atom. The second-order valence-electron chi connectivity index (χ2n) is 8.20. The van der Waals surface area contributed by atoms with Gasteiger partial charge in [-0.2, -0.15) is 0 Å². The summed E-state index contributed by atoms with van der Waals surface area (Å²) in [5.41, 5.74) is 7.18. The van der Waals surface area contributed by atoms with E-state index in [0.717, 1.165) is 18.4 Å². The highest BCUT2D eigenvalue weighted by molar-refractivity contribution is 5.90. The number of amides is 2. The number of carbonyl (C=O) groups excluding carboxylic acids is 1. The molecule has 1 saturated carbocycles. The van der Waals surface area contributed by atoms with Gasteiger partial charge in [-0.3, -0.25) is 15.7 Å². The number of nitrogens with two attached hydrogens (primary N) is 1. The van der Waals surface area contributed by atoms with Crippen LogP contribution in [0.5, 0.6) is 23.0 Å². The molecule has 0 bridgehead atoms. The van der Waals surface area contributed by atoms with E-state index in [2.05, 4.69) is 20.6 Å². The first-order valence-corrected chi connectivity index (χ1v) is 11.4. The molecule has 0 atom stereocenters. The number of benzene rings is 2. The molecule has 184 valence electrons. The molecule has 1 aliphatic carbocycles. The van der Waals surface area contributed by atoms with Crippen LogP contribution in [0.3, 0.4) is 0 Å². The number of anilines is 1. The van der Waals surface area contributed by atoms with Crippen molar-refractivity contribution >= 4 is 22.6 Å². The molecule has 2 amide bonds. The normalized spacial score (nSPS) is 12.7. The third-order valence-electron chi connectivity index (χ3n) is 5.45. The average Bonchev–Trinajstić information content (AvgIpc) is 3.69. The highest BCUT2D eigenvalue weighted by Gasteiger charge is 2.23. The minimum Gasteiger partial charge on any atom is -0.485 e. The average molecular weight is 490 g/mol. The molecule has 2 heterocycles. The number of aromatic nitrogens is 2. The summed E-state index contributed by atoms with van der Waals surface area (Å²) in [6.07, 6.45) is 6.88. The highest BCUT2D eigenvalue weighted by Crippen LogP contribution is 2.38. The number of nitrogens with zero attached hydrogens (tertiary/aromatic N) is 2. The van der Waals surface area contributed by atoms with Crippen LogP contribution < -0.4 is 30.6 Å². The molecule has 1 fully saturated rings. The standard InChI is InChI=1S/C26H24FN5O4/c27-20-10-18(5-6-21(20)32-26(33)31-17-3-4-17)36-23-7-9-30-22-12-25(24(35-15-28)11-19(22)23)34-14-16-2-1-8-29-13-16/h1-2,5-13,17H,3-4,14-15,28H2,(H2,31,32,33). The second-order valence-corrected chi connectivity index (χ2v) is 8.20. The van der Waals surface area contributed by atoms with Gasteiger partial charge in [-0.15, -0.1) is 0 Å². The van der Waals surface area contributed by atoms with Crippen LogP contribution in [0.2, 0.25) is 0 Å². The fraction of sp³-hybridized carbons (Fsp3) is 0.192. The zero-order valence-electron chi connectivity index (χ0n) is 19.2. The van der Waals surface area contributed by atoms with Gasteiger partial charge in [0.05, 0.1) is 11.2 Å². The molecule has 0 unspecified atom stereocenters. The lowest BCUT2D eigenvalue weighted by Crippen LogP contribution is -2.30. The zero-order chi connectivity index (χ0) is 24.9. The third-order valence-corrected chi connectivity index (χ3v) is 5.45. The van der Waals surface area contributed by atoms with Crippen LogP contribution in [0.15, 0.2) is 67.1 Å². The van der Waals surface area contributed by atoms with E-state index in [1.807, 2.05) is 12.1 Å². The molecule has 0 aliphatic heterocycles. The van der Waals surface area contributed by atoms with Crippen LogP contribution in [0.4, 0.5) is 14.9 Å². The van der Waals surface area contributed by atoms with Crippen molar-refractivity contribution in [3.63, 3.8) is 0 Å². The van der Waals surface area contributed by atoms with Gasteiger partial charge >= 0.3 is 6.03 Å². The van der Waals surface area contributed by atoms with E-state index in [0.29, 0.717) is 28.2 Å². The van der Waals surface area contributed by atoms with Crippen molar-refractivity contribution in [2.75, 3.05) is 12.0 Å². The molecular formula is C26H24FN5O4. The molecule has 4 N–H and O–H groups in total. The maximum atomic E-state index is 14.6. The summed E-state index contributed by atoms with van der Waals surface area (Å²) in [6.45, 7) is 0.230. The molecule has 36 heavy (non-hydrogen) atoms. The molecule has 5 rings (SSSR count). The number of urea groups is 1. The summed E-state index contributed by atoms with van der Waals surface area (Å²) in [5, 5.41) is 5.90. The summed E-state index contributed by atoms with van der Waals surface area (Å²) in [7, 11) is 0. The third kappa shape index (κ3) is 5.61. The van der Waals surface area contributed by atoms with Gasteiger partial charge in [0.25, 0.3) is 0 Å². The maximum absolute atomic E-state index is 14.6. The molecule has 0 spiro atoms. The van der Waals surface area contributed by atoms with Gasteiger partial charge in [0.2, 0.25) is 0 Å². The first-order valence-electron chi connectivity index (χ1n) is 11.4. The van der Waals surface area contributed by atoms with E-state index in [-0.39, 0.29) is 30.8 Å². The van der Waals surface area contributed by atoms with Crippen LogP contribution in [0.25, 0.3) is 10.9 Å². The Bertz CT molecular complexity index is 1380. The van der Waals surface area contributed by atoms with Crippen molar-refractivity contribution in [1.29, 1.82) is 0 Å². The van der Waals surface area contributed by atoms with Crippen molar-refractivity contribution in [3.8, 4) is 23.0 Å².